The molecule has 5 heteroatoms. The summed E-state index contributed by atoms with van der Waals surface area (Å²) in [5.41, 5.74) is 2.28. The van der Waals surface area contributed by atoms with Gasteiger partial charge in [0, 0.05) is 13.1 Å². The number of phenols is 1. The minimum absolute atomic E-state index is 0.119. The molecule has 0 aromatic heterocycles. The van der Waals surface area contributed by atoms with Crippen molar-refractivity contribution in [1.82, 2.24) is 4.90 Å². The fourth-order valence-electron chi connectivity index (χ4n) is 3.28. The number of aromatic hydroxyl groups is 1. The van der Waals surface area contributed by atoms with Crippen molar-refractivity contribution in [3.05, 3.63) is 54.1 Å². The summed E-state index contributed by atoms with van der Waals surface area (Å²) in [6.07, 6.45) is 3.51. The van der Waals surface area contributed by atoms with Gasteiger partial charge >= 0.3 is 5.97 Å². The predicted molar refractivity (Wildman–Crippen MR) is 103 cm³/mol. The van der Waals surface area contributed by atoms with E-state index in [1.165, 1.54) is 0 Å². The third kappa shape index (κ3) is 4.88. The Labute approximate surface area is 159 Å². The molecule has 0 radical (unpaired) electrons. The first-order chi connectivity index (χ1) is 13.0. The molecule has 1 fully saturated rings. The fraction of sp³-hybridized carbons (Fsp3) is 0.364. The van der Waals surface area contributed by atoms with Crippen LogP contribution in [-0.4, -0.2) is 41.1 Å². The van der Waals surface area contributed by atoms with E-state index in [-0.39, 0.29) is 11.7 Å². The van der Waals surface area contributed by atoms with E-state index in [9.17, 15) is 14.7 Å². The fourth-order valence-corrected chi connectivity index (χ4v) is 3.28. The van der Waals surface area contributed by atoms with Crippen LogP contribution in [0.5, 0.6) is 5.75 Å². The third-order valence-corrected chi connectivity index (χ3v) is 4.87. The van der Waals surface area contributed by atoms with Crippen LogP contribution in [0.4, 0.5) is 0 Å². The van der Waals surface area contributed by atoms with Gasteiger partial charge in [-0.2, -0.15) is 0 Å². The molecule has 1 heterocycles. The van der Waals surface area contributed by atoms with Crippen LogP contribution >= 0.6 is 0 Å². The van der Waals surface area contributed by atoms with Crippen molar-refractivity contribution < 1.29 is 19.4 Å². The Balaban J connectivity index is 1.61. The highest BCUT2D eigenvalue weighted by Gasteiger charge is 2.24. The lowest BCUT2D eigenvalue weighted by atomic mass is 10.0. The van der Waals surface area contributed by atoms with E-state index in [0.717, 1.165) is 49.9 Å². The van der Waals surface area contributed by atoms with E-state index < -0.39 is 12.1 Å². The van der Waals surface area contributed by atoms with Crippen LogP contribution in [0.25, 0.3) is 11.1 Å². The average molecular weight is 367 g/mol. The quantitative estimate of drug-likeness (QED) is 0.829. The lowest BCUT2D eigenvalue weighted by molar-refractivity contribution is -0.139. The van der Waals surface area contributed by atoms with Gasteiger partial charge in [-0.15, -0.1) is 0 Å². The van der Waals surface area contributed by atoms with Gasteiger partial charge in [-0.25, -0.2) is 4.79 Å². The molecule has 0 spiro atoms. The van der Waals surface area contributed by atoms with E-state index in [1.54, 1.807) is 36.1 Å². The van der Waals surface area contributed by atoms with Gasteiger partial charge in [0.1, 0.15) is 5.75 Å². The zero-order valence-electron chi connectivity index (χ0n) is 15.6. The van der Waals surface area contributed by atoms with Gasteiger partial charge in [0.25, 0.3) is 5.91 Å². The molecule has 1 atom stereocenters. The first-order valence-electron chi connectivity index (χ1n) is 9.44. The molecule has 1 amide bonds. The molecule has 1 aliphatic heterocycles. The van der Waals surface area contributed by atoms with Crippen molar-refractivity contribution in [2.45, 2.75) is 38.7 Å². The average Bonchev–Trinajstić information content (AvgIpc) is 2.97. The number of hydrogen-bond donors (Lipinski definition) is 1. The van der Waals surface area contributed by atoms with Crippen LogP contribution in [-0.2, 0) is 9.53 Å². The number of amides is 1. The largest absolute Gasteiger partial charge is 0.508 e. The number of hydrogen-bond acceptors (Lipinski definition) is 4. The molecule has 0 aliphatic carbocycles. The lowest BCUT2D eigenvalue weighted by Gasteiger charge is -2.24. The molecule has 0 saturated carbocycles. The van der Waals surface area contributed by atoms with Gasteiger partial charge < -0.3 is 14.7 Å². The van der Waals surface area contributed by atoms with Crippen molar-refractivity contribution in [2.75, 3.05) is 13.1 Å². The minimum atomic E-state index is -0.785. The maximum absolute atomic E-state index is 12.5. The SMILES string of the molecule is C[C@@H](OC(=O)c1ccc(-c2ccc(O)cc2)cc1)C(=O)N1CCCCCC1. The molecular formula is C22H25NO4. The molecule has 0 bridgehead atoms. The standard InChI is InChI=1S/C22H25NO4/c1-16(21(25)23-14-4-2-3-5-15-23)27-22(26)19-8-6-17(7-9-19)18-10-12-20(24)13-11-18/h6-13,16,24H,2-5,14-15H2,1H3/t16-/m1/s1. The molecule has 1 saturated heterocycles. The first kappa shape index (κ1) is 19.0. The molecule has 142 valence electrons. The second-order valence-electron chi connectivity index (χ2n) is 6.91. The van der Waals surface area contributed by atoms with Crippen molar-refractivity contribution in [2.24, 2.45) is 0 Å². The normalized spacial score (nSPS) is 15.7. The highest BCUT2D eigenvalue weighted by molar-refractivity contribution is 5.92. The number of carbonyl (C=O) groups is 2. The summed E-state index contributed by atoms with van der Waals surface area (Å²) in [5.74, 6) is -0.407. The van der Waals surface area contributed by atoms with Gasteiger partial charge in [0.15, 0.2) is 6.10 Å². The second-order valence-corrected chi connectivity index (χ2v) is 6.91. The Morgan fingerprint density at radius 1 is 0.889 bits per heavy atom. The number of phenolic OH excluding ortho intramolecular Hbond substituents is 1. The molecule has 3 rings (SSSR count). The minimum Gasteiger partial charge on any atom is -0.508 e. The van der Waals surface area contributed by atoms with E-state index in [1.807, 2.05) is 24.3 Å². The van der Waals surface area contributed by atoms with Crippen molar-refractivity contribution in [3.8, 4) is 16.9 Å². The molecule has 1 N–H and O–H groups in total. The number of ether oxygens (including phenoxy) is 1. The van der Waals surface area contributed by atoms with Crippen LogP contribution < -0.4 is 0 Å². The van der Waals surface area contributed by atoms with Gasteiger partial charge in [-0.05, 0) is 55.2 Å². The summed E-state index contributed by atoms with van der Waals surface area (Å²) in [6.45, 7) is 3.11. The molecule has 2 aromatic rings. The van der Waals surface area contributed by atoms with Gasteiger partial charge in [-0.1, -0.05) is 37.1 Å². The highest BCUT2D eigenvalue weighted by Crippen LogP contribution is 2.22. The van der Waals surface area contributed by atoms with Crippen LogP contribution in [0.2, 0.25) is 0 Å². The van der Waals surface area contributed by atoms with Crippen molar-refractivity contribution >= 4 is 11.9 Å². The summed E-state index contributed by atoms with van der Waals surface area (Å²) in [5, 5.41) is 9.37. The first-order valence-corrected chi connectivity index (χ1v) is 9.44. The Hall–Kier alpha value is -2.82. The van der Waals surface area contributed by atoms with Crippen LogP contribution in [0.15, 0.2) is 48.5 Å². The maximum atomic E-state index is 12.5. The van der Waals surface area contributed by atoms with Gasteiger partial charge in [0.2, 0.25) is 0 Å². The van der Waals surface area contributed by atoms with Gasteiger partial charge in [-0.3, -0.25) is 4.79 Å². The Kier molecular flexibility index (Phi) is 6.12. The van der Waals surface area contributed by atoms with E-state index in [0.29, 0.717) is 5.56 Å². The van der Waals surface area contributed by atoms with E-state index in [4.69, 9.17) is 4.74 Å². The number of likely N-dealkylation sites (tertiary alicyclic amines) is 1. The van der Waals surface area contributed by atoms with E-state index in [2.05, 4.69) is 0 Å². The number of carbonyl (C=O) groups excluding carboxylic acids is 2. The maximum Gasteiger partial charge on any atom is 0.338 e. The number of esters is 1. The number of benzene rings is 2. The smallest absolute Gasteiger partial charge is 0.338 e. The summed E-state index contributed by atoms with van der Waals surface area (Å²) in [7, 11) is 0. The van der Waals surface area contributed by atoms with Gasteiger partial charge in [0.05, 0.1) is 5.56 Å². The molecule has 0 unspecified atom stereocenters. The zero-order chi connectivity index (χ0) is 19.2. The molecular weight excluding hydrogens is 342 g/mol. The Morgan fingerprint density at radius 2 is 1.41 bits per heavy atom. The van der Waals surface area contributed by atoms with Crippen LogP contribution in [0.1, 0.15) is 43.0 Å². The third-order valence-electron chi connectivity index (χ3n) is 4.87. The Bertz CT molecular complexity index is 775. The summed E-state index contributed by atoms with van der Waals surface area (Å²) < 4.78 is 5.39. The molecule has 5 nitrogen and oxygen atoms in total. The molecule has 1 aliphatic rings. The van der Waals surface area contributed by atoms with Crippen LogP contribution in [0.3, 0.4) is 0 Å². The molecule has 27 heavy (non-hydrogen) atoms. The van der Waals surface area contributed by atoms with Crippen molar-refractivity contribution in [3.63, 3.8) is 0 Å². The predicted octanol–water partition coefficient (Wildman–Crippen LogP) is 4.01. The summed E-state index contributed by atoms with van der Waals surface area (Å²) >= 11 is 0. The monoisotopic (exact) mass is 367 g/mol. The van der Waals surface area contributed by atoms with E-state index >= 15 is 0 Å². The van der Waals surface area contributed by atoms with Crippen LogP contribution in [0, 0.1) is 0 Å². The summed E-state index contributed by atoms with van der Waals surface area (Å²) in [6, 6.07) is 13.9. The summed E-state index contributed by atoms with van der Waals surface area (Å²) in [4.78, 5) is 26.7. The highest BCUT2D eigenvalue weighted by atomic mass is 16.5. The topological polar surface area (TPSA) is 66.8 Å². The number of rotatable bonds is 4. The van der Waals surface area contributed by atoms with Crippen molar-refractivity contribution in [1.29, 1.82) is 0 Å². The number of nitrogens with zero attached hydrogens (tertiary/aromatic N) is 1. The second kappa shape index (κ2) is 8.71. The Morgan fingerprint density at radius 3 is 1.96 bits per heavy atom. The lowest BCUT2D eigenvalue weighted by Crippen LogP contribution is -2.40. The molecule has 2 aromatic carbocycles. The zero-order valence-corrected chi connectivity index (χ0v) is 15.6.